The molecule has 0 spiro atoms. The van der Waals surface area contributed by atoms with Gasteiger partial charge in [-0.2, -0.15) is 5.10 Å². The third kappa shape index (κ3) is 3.59. The van der Waals surface area contributed by atoms with E-state index in [1.807, 2.05) is 10.9 Å². The fourth-order valence-corrected chi connectivity index (χ4v) is 2.92. The van der Waals surface area contributed by atoms with Crippen LogP contribution in [0.4, 0.5) is 0 Å². The molecular weight excluding hydrogens is 294 g/mol. The van der Waals surface area contributed by atoms with Gasteiger partial charge >= 0.3 is 5.97 Å². The predicted octanol–water partition coefficient (Wildman–Crippen LogP) is 2.63. The highest BCUT2D eigenvalue weighted by molar-refractivity contribution is 5.92. The van der Waals surface area contributed by atoms with Crippen LogP contribution in [0.3, 0.4) is 0 Å². The van der Waals surface area contributed by atoms with Gasteiger partial charge < -0.3 is 10.4 Å². The van der Waals surface area contributed by atoms with E-state index in [1.165, 1.54) is 18.9 Å². The highest BCUT2D eigenvalue weighted by atomic mass is 16.4. The van der Waals surface area contributed by atoms with Crippen LogP contribution in [0.5, 0.6) is 0 Å². The molecule has 1 aromatic carbocycles. The maximum Gasteiger partial charge on any atom is 0.335 e. The number of nitrogens with zero attached hydrogens (tertiary/aromatic N) is 2. The summed E-state index contributed by atoms with van der Waals surface area (Å²) < 4.78 is 1.88. The Labute approximate surface area is 134 Å². The topological polar surface area (TPSA) is 84.2 Å². The van der Waals surface area contributed by atoms with Crippen molar-refractivity contribution in [2.45, 2.75) is 38.3 Å². The van der Waals surface area contributed by atoms with E-state index >= 15 is 0 Å². The largest absolute Gasteiger partial charge is 0.478 e. The van der Waals surface area contributed by atoms with Gasteiger partial charge in [-0.1, -0.05) is 25.0 Å². The Hall–Kier alpha value is -2.63. The highest BCUT2D eigenvalue weighted by Crippen LogP contribution is 2.28. The van der Waals surface area contributed by atoms with Crippen LogP contribution in [-0.4, -0.2) is 26.8 Å². The summed E-state index contributed by atoms with van der Waals surface area (Å²) in [6, 6.07) is 8.66. The molecule has 0 radical (unpaired) electrons. The van der Waals surface area contributed by atoms with Crippen LogP contribution in [0.1, 0.15) is 58.1 Å². The second kappa shape index (κ2) is 6.64. The number of aromatic nitrogens is 2. The number of carbonyl (C=O) groups excluding carboxylic acids is 1. The number of amides is 1. The van der Waals surface area contributed by atoms with Gasteiger partial charge in [-0.3, -0.25) is 9.48 Å². The summed E-state index contributed by atoms with van der Waals surface area (Å²) >= 11 is 0. The van der Waals surface area contributed by atoms with E-state index in [0.29, 0.717) is 11.7 Å². The lowest BCUT2D eigenvalue weighted by Gasteiger charge is -2.09. The average Bonchev–Trinajstić information content (AvgIpc) is 3.23. The Kier molecular flexibility index (Phi) is 4.41. The van der Waals surface area contributed by atoms with Gasteiger partial charge in [-0.15, -0.1) is 0 Å². The van der Waals surface area contributed by atoms with Crippen LogP contribution >= 0.6 is 0 Å². The van der Waals surface area contributed by atoms with E-state index in [2.05, 4.69) is 10.4 Å². The van der Waals surface area contributed by atoms with Crippen LogP contribution in [-0.2, 0) is 6.54 Å². The standard InChI is InChI=1S/C17H19N3O3/c21-16(15-8-9-20(19-15)14-6-1-2-7-14)18-11-12-4-3-5-13(10-12)17(22)23/h3-5,8-10,14H,1-2,6-7,11H2,(H,18,21)(H,22,23). The number of rotatable bonds is 5. The van der Waals surface area contributed by atoms with Gasteiger partial charge in [-0.25, -0.2) is 4.79 Å². The minimum absolute atomic E-state index is 0.210. The van der Waals surface area contributed by atoms with E-state index in [1.54, 1.807) is 24.3 Å². The lowest BCUT2D eigenvalue weighted by Crippen LogP contribution is -2.23. The first-order valence-electron chi connectivity index (χ1n) is 7.79. The zero-order chi connectivity index (χ0) is 16.2. The molecule has 1 fully saturated rings. The maximum atomic E-state index is 12.2. The van der Waals surface area contributed by atoms with Crippen molar-refractivity contribution in [3.63, 3.8) is 0 Å². The zero-order valence-electron chi connectivity index (χ0n) is 12.7. The van der Waals surface area contributed by atoms with Crippen molar-refractivity contribution in [1.82, 2.24) is 15.1 Å². The average molecular weight is 313 g/mol. The van der Waals surface area contributed by atoms with Crippen molar-refractivity contribution in [1.29, 1.82) is 0 Å². The Morgan fingerprint density at radius 2 is 2.04 bits per heavy atom. The third-order valence-corrected chi connectivity index (χ3v) is 4.17. The van der Waals surface area contributed by atoms with Crippen molar-refractivity contribution in [3.05, 3.63) is 53.3 Å². The molecule has 0 bridgehead atoms. The Balaban J connectivity index is 1.61. The van der Waals surface area contributed by atoms with Gasteiger partial charge in [0.05, 0.1) is 11.6 Å². The first-order chi connectivity index (χ1) is 11.1. The summed E-state index contributed by atoms with van der Waals surface area (Å²) in [6.07, 6.45) is 6.52. The fourth-order valence-electron chi connectivity index (χ4n) is 2.92. The van der Waals surface area contributed by atoms with E-state index in [-0.39, 0.29) is 18.0 Å². The van der Waals surface area contributed by atoms with Crippen LogP contribution in [0.25, 0.3) is 0 Å². The summed E-state index contributed by atoms with van der Waals surface area (Å²) in [4.78, 5) is 23.1. The van der Waals surface area contributed by atoms with E-state index in [9.17, 15) is 9.59 Å². The van der Waals surface area contributed by atoms with E-state index < -0.39 is 5.97 Å². The SMILES string of the molecule is O=C(O)c1cccc(CNC(=O)c2ccn(C3CCCC3)n2)c1. The monoisotopic (exact) mass is 313 g/mol. The smallest absolute Gasteiger partial charge is 0.335 e. The fraction of sp³-hybridized carbons (Fsp3) is 0.353. The molecule has 1 heterocycles. The summed E-state index contributed by atoms with van der Waals surface area (Å²) in [5.74, 6) is -1.23. The first kappa shape index (κ1) is 15.3. The van der Waals surface area contributed by atoms with Gasteiger partial charge in [0.15, 0.2) is 0 Å². The molecule has 2 aromatic rings. The summed E-state index contributed by atoms with van der Waals surface area (Å²) in [5.41, 5.74) is 1.35. The van der Waals surface area contributed by atoms with Gasteiger partial charge in [0.25, 0.3) is 5.91 Å². The minimum atomic E-state index is -0.978. The molecule has 0 unspecified atom stereocenters. The second-order valence-electron chi connectivity index (χ2n) is 5.81. The molecule has 6 nitrogen and oxygen atoms in total. The molecule has 120 valence electrons. The molecular formula is C17H19N3O3. The number of aromatic carboxylic acids is 1. The summed E-state index contributed by atoms with van der Waals surface area (Å²) in [5, 5.41) is 16.1. The molecule has 0 atom stereocenters. The van der Waals surface area contributed by atoms with Crippen LogP contribution in [0.2, 0.25) is 0 Å². The van der Waals surface area contributed by atoms with Crippen molar-refractivity contribution in [2.24, 2.45) is 0 Å². The van der Waals surface area contributed by atoms with Crippen LogP contribution < -0.4 is 5.32 Å². The van der Waals surface area contributed by atoms with Crippen LogP contribution in [0.15, 0.2) is 36.5 Å². The molecule has 1 amide bonds. The normalized spacial score (nSPS) is 14.8. The molecule has 6 heteroatoms. The van der Waals surface area contributed by atoms with Crippen LogP contribution in [0, 0.1) is 0 Å². The quantitative estimate of drug-likeness (QED) is 0.888. The van der Waals surface area contributed by atoms with Crippen molar-refractivity contribution in [3.8, 4) is 0 Å². The van der Waals surface area contributed by atoms with E-state index in [0.717, 1.165) is 18.4 Å². The molecule has 1 saturated carbocycles. The molecule has 1 aliphatic rings. The molecule has 0 saturated heterocycles. The number of hydrogen-bond donors (Lipinski definition) is 2. The van der Waals surface area contributed by atoms with Crippen molar-refractivity contribution < 1.29 is 14.7 Å². The lowest BCUT2D eigenvalue weighted by atomic mass is 10.1. The highest BCUT2D eigenvalue weighted by Gasteiger charge is 2.19. The molecule has 3 rings (SSSR count). The number of carboxylic acids is 1. The van der Waals surface area contributed by atoms with Gasteiger partial charge in [0, 0.05) is 12.7 Å². The molecule has 23 heavy (non-hydrogen) atoms. The Morgan fingerprint density at radius 1 is 1.26 bits per heavy atom. The summed E-state index contributed by atoms with van der Waals surface area (Å²) in [6.45, 7) is 0.274. The maximum absolute atomic E-state index is 12.2. The molecule has 1 aliphatic carbocycles. The predicted molar refractivity (Wildman–Crippen MR) is 84.3 cm³/mol. The summed E-state index contributed by atoms with van der Waals surface area (Å²) in [7, 11) is 0. The van der Waals surface area contributed by atoms with Gasteiger partial charge in [0.2, 0.25) is 0 Å². The number of hydrogen-bond acceptors (Lipinski definition) is 3. The lowest BCUT2D eigenvalue weighted by molar-refractivity contribution is 0.0696. The van der Waals surface area contributed by atoms with Crippen molar-refractivity contribution >= 4 is 11.9 Å². The second-order valence-corrected chi connectivity index (χ2v) is 5.81. The number of nitrogens with one attached hydrogen (secondary N) is 1. The molecule has 0 aliphatic heterocycles. The number of carboxylic acid groups (broad SMARTS) is 1. The molecule has 1 aromatic heterocycles. The van der Waals surface area contributed by atoms with Gasteiger partial charge in [-0.05, 0) is 36.6 Å². The number of carbonyl (C=O) groups is 2. The Morgan fingerprint density at radius 3 is 2.78 bits per heavy atom. The third-order valence-electron chi connectivity index (χ3n) is 4.17. The van der Waals surface area contributed by atoms with Gasteiger partial charge in [0.1, 0.15) is 5.69 Å². The molecule has 2 N–H and O–H groups in total. The van der Waals surface area contributed by atoms with E-state index in [4.69, 9.17) is 5.11 Å². The Bertz CT molecular complexity index is 717. The minimum Gasteiger partial charge on any atom is -0.478 e. The zero-order valence-corrected chi connectivity index (χ0v) is 12.7. The number of benzene rings is 1. The van der Waals surface area contributed by atoms with Crippen molar-refractivity contribution in [2.75, 3.05) is 0 Å². The first-order valence-corrected chi connectivity index (χ1v) is 7.79.